The van der Waals surface area contributed by atoms with Gasteiger partial charge in [-0.05, 0) is 31.2 Å². The lowest BCUT2D eigenvalue weighted by atomic mass is 10.2. The van der Waals surface area contributed by atoms with Crippen molar-refractivity contribution >= 4 is 23.4 Å². The van der Waals surface area contributed by atoms with E-state index in [2.05, 4.69) is 0 Å². The molecule has 26 heavy (non-hydrogen) atoms. The first-order valence-corrected chi connectivity index (χ1v) is 8.25. The Hall–Kier alpha value is -2.49. The molecule has 0 atom stereocenters. The average Bonchev–Trinajstić information content (AvgIpc) is 2.64. The summed E-state index contributed by atoms with van der Waals surface area (Å²) < 4.78 is 71.2. The Morgan fingerprint density at radius 3 is 2.04 bits per heavy atom. The lowest BCUT2D eigenvalue weighted by molar-refractivity contribution is -0.118. The maximum absolute atomic E-state index is 13.5. The van der Waals surface area contributed by atoms with Crippen LogP contribution in [0.5, 0.6) is 5.75 Å². The second-order valence-corrected chi connectivity index (χ2v) is 5.86. The highest BCUT2D eigenvalue weighted by molar-refractivity contribution is 8.00. The van der Waals surface area contributed by atoms with Gasteiger partial charge in [-0.2, -0.15) is 0 Å². The number of ether oxygens (including phenoxy) is 1. The van der Waals surface area contributed by atoms with Gasteiger partial charge in [0.2, 0.25) is 11.7 Å². The summed E-state index contributed by atoms with van der Waals surface area (Å²) in [6, 6.07) is 6.83. The Morgan fingerprint density at radius 2 is 1.50 bits per heavy atom. The maximum atomic E-state index is 13.5. The number of amides is 1. The molecule has 0 radical (unpaired) electrons. The highest BCUT2D eigenvalue weighted by Gasteiger charge is 2.25. The van der Waals surface area contributed by atoms with Crippen LogP contribution >= 0.6 is 11.8 Å². The van der Waals surface area contributed by atoms with E-state index in [4.69, 9.17) is 4.74 Å². The summed E-state index contributed by atoms with van der Waals surface area (Å²) in [5, 5.41) is 0. The fraction of sp³-hybridized carbons (Fsp3) is 0.188. The number of benzene rings is 2. The summed E-state index contributed by atoms with van der Waals surface area (Å²) in [6.45, 7) is 2.35. The number of anilines is 1. The zero-order chi connectivity index (χ0) is 19.3. The molecule has 0 aromatic heterocycles. The van der Waals surface area contributed by atoms with E-state index in [1.165, 1.54) is 0 Å². The van der Waals surface area contributed by atoms with Crippen molar-refractivity contribution in [3.8, 4) is 5.75 Å². The molecule has 0 aliphatic heterocycles. The van der Waals surface area contributed by atoms with Crippen LogP contribution < -0.4 is 15.6 Å². The molecule has 4 nitrogen and oxygen atoms in total. The quantitative estimate of drug-likeness (QED) is 0.246. The van der Waals surface area contributed by atoms with E-state index in [1.807, 2.05) is 12.3 Å². The highest BCUT2D eigenvalue weighted by Crippen LogP contribution is 2.26. The van der Waals surface area contributed by atoms with Crippen molar-refractivity contribution < 1.29 is 31.5 Å². The molecular weight excluding hydrogens is 379 g/mol. The van der Waals surface area contributed by atoms with Gasteiger partial charge >= 0.3 is 0 Å². The fourth-order valence-electron chi connectivity index (χ4n) is 1.83. The van der Waals surface area contributed by atoms with Crippen LogP contribution in [0, 0.1) is 29.1 Å². The Bertz CT molecular complexity index is 773. The van der Waals surface area contributed by atoms with Crippen molar-refractivity contribution in [1.82, 2.24) is 5.43 Å². The first kappa shape index (κ1) is 19.8. The van der Waals surface area contributed by atoms with E-state index in [-0.39, 0.29) is 5.75 Å². The second kappa shape index (κ2) is 8.75. The number of hydrazine groups is 1. The van der Waals surface area contributed by atoms with Crippen LogP contribution in [0.3, 0.4) is 0 Å². The van der Waals surface area contributed by atoms with Crippen molar-refractivity contribution in [3.63, 3.8) is 0 Å². The van der Waals surface area contributed by atoms with Gasteiger partial charge in [-0.25, -0.2) is 22.0 Å². The Balaban J connectivity index is 1.93. The highest BCUT2D eigenvalue weighted by atomic mass is 32.2. The minimum absolute atomic E-state index is 0.156. The molecule has 2 aromatic rings. The molecule has 0 bridgehead atoms. The van der Waals surface area contributed by atoms with Crippen molar-refractivity contribution in [2.45, 2.75) is 11.8 Å². The van der Waals surface area contributed by atoms with Gasteiger partial charge in [0.05, 0.1) is 12.4 Å². The van der Waals surface area contributed by atoms with E-state index >= 15 is 0 Å². The molecule has 0 aliphatic rings. The van der Waals surface area contributed by atoms with Crippen LogP contribution in [-0.4, -0.2) is 18.3 Å². The monoisotopic (exact) mass is 392 g/mol. The third-order valence-electron chi connectivity index (χ3n) is 3.04. The molecule has 0 unspecified atom stereocenters. The van der Waals surface area contributed by atoms with Gasteiger partial charge in [0, 0.05) is 4.90 Å². The predicted molar refractivity (Wildman–Crippen MR) is 86.3 cm³/mol. The van der Waals surface area contributed by atoms with Crippen LogP contribution in [0.1, 0.15) is 6.92 Å². The van der Waals surface area contributed by atoms with Gasteiger partial charge in [0.1, 0.15) is 11.4 Å². The van der Waals surface area contributed by atoms with Crippen LogP contribution in [0.4, 0.5) is 27.6 Å². The van der Waals surface area contributed by atoms with E-state index in [1.54, 1.807) is 29.7 Å². The molecule has 0 heterocycles. The molecule has 2 N–H and O–H groups in total. The average molecular weight is 392 g/mol. The minimum atomic E-state index is -2.28. The van der Waals surface area contributed by atoms with Crippen molar-refractivity contribution in [3.05, 3.63) is 53.4 Å². The lowest BCUT2D eigenvalue weighted by Gasteiger charge is -2.12. The third kappa shape index (κ3) is 4.57. The topological polar surface area (TPSA) is 50.4 Å². The minimum Gasteiger partial charge on any atom is -0.494 e. The second-order valence-electron chi connectivity index (χ2n) is 4.81. The predicted octanol–water partition coefficient (Wildman–Crippen LogP) is 4.02. The SMILES string of the molecule is CCOc1ccc(SCC(=O)NNc2c(F)c(F)c(F)c(F)c2F)cc1. The number of rotatable bonds is 7. The summed E-state index contributed by atoms with van der Waals surface area (Å²) >= 11 is 1.10. The summed E-state index contributed by atoms with van der Waals surface area (Å²) in [5.74, 6) is -10.9. The van der Waals surface area contributed by atoms with Gasteiger partial charge in [-0.15, -0.1) is 11.8 Å². The molecule has 0 saturated heterocycles. The van der Waals surface area contributed by atoms with Crippen LogP contribution in [0.2, 0.25) is 0 Å². The number of hydrogen-bond acceptors (Lipinski definition) is 4. The Labute approximate surface area is 149 Å². The van der Waals surface area contributed by atoms with Gasteiger partial charge in [0.15, 0.2) is 23.3 Å². The first-order valence-electron chi connectivity index (χ1n) is 7.27. The van der Waals surface area contributed by atoms with Gasteiger partial charge in [-0.3, -0.25) is 15.6 Å². The van der Waals surface area contributed by atoms with E-state index in [0.29, 0.717) is 12.4 Å². The van der Waals surface area contributed by atoms with Crippen molar-refractivity contribution in [2.75, 3.05) is 17.8 Å². The number of carbonyl (C=O) groups is 1. The van der Waals surface area contributed by atoms with Gasteiger partial charge < -0.3 is 4.74 Å². The zero-order valence-electron chi connectivity index (χ0n) is 13.3. The lowest BCUT2D eigenvalue weighted by Crippen LogP contribution is -2.32. The Kier molecular flexibility index (Phi) is 6.67. The first-order chi connectivity index (χ1) is 12.3. The standard InChI is InChI=1S/C16H13F5N2O2S/c1-2-25-8-3-5-9(6-4-8)26-7-10(24)22-23-16-14(20)12(18)11(17)13(19)15(16)21/h3-6,23H,2,7H2,1H3,(H,22,24). The molecule has 2 rings (SSSR count). The molecule has 0 saturated carbocycles. The summed E-state index contributed by atoms with van der Waals surface area (Å²) in [5.41, 5.74) is 2.28. The maximum Gasteiger partial charge on any atom is 0.248 e. The Morgan fingerprint density at radius 1 is 0.962 bits per heavy atom. The summed E-state index contributed by atoms with van der Waals surface area (Å²) in [6.07, 6.45) is 0. The van der Waals surface area contributed by atoms with E-state index in [0.717, 1.165) is 16.7 Å². The smallest absolute Gasteiger partial charge is 0.248 e. The number of halogens is 5. The van der Waals surface area contributed by atoms with Crippen LogP contribution in [0.25, 0.3) is 0 Å². The number of carbonyl (C=O) groups excluding carboxylic acids is 1. The molecule has 140 valence electrons. The fourth-order valence-corrected chi connectivity index (χ4v) is 2.53. The van der Waals surface area contributed by atoms with Gasteiger partial charge in [0.25, 0.3) is 0 Å². The zero-order valence-corrected chi connectivity index (χ0v) is 14.2. The normalized spacial score (nSPS) is 10.5. The van der Waals surface area contributed by atoms with Crippen molar-refractivity contribution in [1.29, 1.82) is 0 Å². The number of thioether (sulfide) groups is 1. The summed E-state index contributed by atoms with van der Waals surface area (Å²) in [4.78, 5) is 12.4. The van der Waals surface area contributed by atoms with Gasteiger partial charge in [-0.1, -0.05) is 0 Å². The molecule has 0 spiro atoms. The van der Waals surface area contributed by atoms with Crippen molar-refractivity contribution in [2.24, 2.45) is 0 Å². The number of nitrogens with one attached hydrogen (secondary N) is 2. The van der Waals surface area contributed by atoms with Crippen LogP contribution in [-0.2, 0) is 4.79 Å². The largest absolute Gasteiger partial charge is 0.494 e. The van der Waals surface area contributed by atoms with E-state index in [9.17, 15) is 26.7 Å². The molecule has 10 heteroatoms. The molecule has 1 amide bonds. The third-order valence-corrected chi connectivity index (χ3v) is 4.05. The number of hydrogen-bond donors (Lipinski definition) is 2. The molecule has 0 aliphatic carbocycles. The molecular formula is C16H13F5N2O2S. The summed E-state index contributed by atoms with van der Waals surface area (Å²) in [7, 11) is 0. The molecule has 0 fully saturated rings. The molecule has 2 aromatic carbocycles. The van der Waals surface area contributed by atoms with E-state index < -0.39 is 40.7 Å². The van der Waals surface area contributed by atoms with Crippen LogP contribution in [0.15, 0.2) is 29.2 Å².